The quantitative estimate of drug-likeness (QED) is 0.170. The van der Waals surface area contributed by atoms with Gasteiger partial charge < -0.3 is 14.2 Å². The molecule has 0 aliphatic rings. The fourth-order valence-electron chi connectivity index (χ4n) is 3.75. The summed E-state index contributed by atoms with van der Waals surface area (Å²) >= 11 is 7.17. The molecular formula is C28H24Br2N2O4. The summed E-state index contributed by atoms with van der Waals surface area (Å²) in [5.74, 6) is 1.63. The van der Waals surface area contributed by atoms with E-state index >= 15 is 0 Å². The van der Waals surface area contributed by atoms with Crippen LogP contribution >= 0.6 is 31.9 Å². The molecular weight excluding hydrogens is 588 g/mol. The Labute approximate surface area is 226 Å². The van der Waals surface area contributed by atoms with Crippen molar-refractivity contribution in [2.45, 2.75) is 13.0 Å². The van der Waals surface area contributed by atoms with Gasteiger partial charge in [0.2, 0.25) is 5.91 Å². The number of fused-ring (bicyclic) bond motifs is 1. The summed E-state index contributed by atoms with van der Waals surface area (Å²) in [6.07, 6.45) is 1.74. The molecule has 0 saturated heterocycles. The van der Waals surface area contributed by atoms with E-state index in [1.807, 2.05) is 36.4 Å². The predicted octanol–water partition coefficient (Wildman–Crippen LogP) is 6.65. The Morgan fingerprint density at radius 3 is 2.39 bits per heavy atom. The highest BCUT2D eigenvalue weighted by Crippen LogP contribution is 2.35. The van der Waals surface area contributed by atoms with Crippen LogP contribution in [0, 0.1) is 0 Å². The minimum Gasteiger partial charge on any atom is -0.493 e. The first-order valence-corrected chi connectivity index (χ1v) is 12.7. The Hall–Kier alpha value is -3.36. The zero-order valence-electron chi connectivity index (χ0n) is 19.8. The van der Waals surface area contributed by atoms with Gasteiger partial charge in [0, 0.05) is 0 Å². The number of halogens is 2. The Kier molecular flexibility index (Phi) is 8.61. The first-order chi connectivity index (χ1) is 17.5. The lowest BCUT2D eigenvalue weighted by Gasteiger charge is -2.13. The highest BCUT2D eigenvalue weighted by molar-refractivity contribution is 9.11. The number of nitrogens with one attached hydrogen (secondary N) is 1. The van der Waals surface area contributed by atoms with Gasteiger partial charge in [-0.1, -0.05) is 48.5 Å². The van der Waals surface area contributed by atoms with Gasteiger partial charge in [0.05, 0.1) is 35.8 Å². The van der Waals surface area contributed by atoms with E-state index in [-0.39, 0.29) is 12.3 Å². The molecule has 4 aromatic rings. The Morgan fingerprint density at radius 2 is 1.64 bits per heavy atom. The molecule has 0 aliphatic carbocycles. The molecule has 0 unspecified atom stereocenters. The molecule has 36 heavy (non-hydrogen) atoms. The van der Waals surface area contributed by atoms with Crippen molar-refractivity contribution in [2.75, 3.05) is 14.2 Å². The molecule has 6 nitrogen and oxygen atoms in total. The molecule has 0 radical (unpaired) electrons. The minimum atomic E-state index is -0.244. The second kappa shape index (κ2) is 12.1. The zero-order valence-corrected chi connectivity index (χ0v) is 22.9. The maximum atomic E-state index is 12.3. The first-order valence-electron chi connectivity index (χ1n) is 11.1. The van der Waals surface area contributed by atoms with E-state index < -0.39 is 0 Å². The third-order valence-electron chi connectivity index (χ3n) is 5.49. The lowest BCUT2D eigenvalue weighted by molar-refractivity contribution is -0.120. The van der Waals surface area contributed by atoms with Crippen LogP contribution in [0.5, 0.6) is 17.2 Å². The van der Waals surface area contributed by atoms with Crippen LogP contribution < -0.4 is 19.6 Å². The van der Waals surface area contributed by atoms with Crippen LogP contribution in [0.25, 0.3) is 10.8 Å². The molecule has 0 saturated carbocycles. The van der Waals surface area contributed by atoms with Crippen molar-refractivity contribution < 1.29 is 19.0 Å². The van der Waals surface area contributed by atoms with Gasteiger partial charge in [-0.05, 0) is 83.6 Å². The fraction of sp³-hybridized carbons (Fsp3) is 0.143. The summed E-state index contributed by atoms with van der Waals surface area (Å²) < 4.78 is 18.2. The molecule has 4 aromatic carbocycles. The zero-order chi connectivity index (χ0) is 25.5. The number of benzene rings is 4. The van der Waals surface area contributed by atoms with E-state index in [1.165, 1.54) is 10.8 Å². The monoisotopic (exact) mass is 610 g/mol. The van der Waals surface area contributed by atoms with Gasteiger partial charge in [0.1, 0.15) is 12.4 Å². The minimum absolute atomic E-state index is 0.159. The molecule has 0 aromatic heterocycles. The predicted molar refractivity (Wildman–Crippen MR) is 149 cm³/mol. The van der Waals surface area contributed by atoms with Crippen LogP contribution in [0.3, 0.4) is 0 Å². The number of hydrazone groups is 1. The van der Waals surface area contributed by atoms with Crippen LogP contribution in [-0.2, 0) is 17.8 Å². The number of rotatable bonds is 9. The molecule has 0 spiro atoms. The van der Waals surface area contributed by atoms with Gasteiger partial charge in [-0.25, -0.2) is 5.43 Å². The molecule has 184 valence electrons. The SMILES string of the molecule is COc1ccc(CC(=O)N/N=C/c2cc(Br)c(OCc3cccc4ccccc34)c(Br)c2)cc1OC. The Balaban J connectivity index is 1.38. The number of hydrogen-bond donors (Lipinski definition) is 1. The van der Waals surface area contributed by atoms with Gasteiger partial charge in [-0.3, -0.25) is 4.79 Å². The normalized spacial score (nSPS) is 11.0. The van der Waals surface area contributed by atoms with Crippen molar-refractivity contribution in [3.05, 3.63) is 98.4 Å². The Bertz CT molecular complexity index is 1390. The van der Waals surface area contributed by atoms with E-state index in [9.17, 15) is 4.79 Å². The summed E-state index contributed by atoms with van der Waals surface area (Å²) in [5.41, 5.74) is 5.25. The van der Waals surface area contributed by atoms with Crippen LogP contribution in [0.15, 0.2) is 86.8 Å². The summed E-state index contributed by atoms with van der Waals surface area (Å²) in [4.78, 5) is 12.3. The van der Waals surface area contributed by atoms with Crippen LogP contribution in [0.1, 0.15) is 16.7 Å². The first kappa shape index (κ1) is 25.7. The summed E-state index contributed by atoms with van der Waals surface area (Å²) in [7, 11) is 3.13. The lowest BCUT2D eigenvalue weighted by Crippen LogP contribution is -2.19. The summed E-state index contributed by atoms with van der Waals surface area (Å²) in [6.45, 7) is 0.429. The second-order valence-corrected chi connectivity index (χ2v) is 9.61. The average molecular weight is 612 g/mol. The van der Waals surface area contributed by atoms with Crippen molar-refractivity contribution in [1.82, 2.24) is 5.43 Å². The van der Waals surface area contributed by atoms with E-state index in [1.54, 1.807) is 32.6 Å². The molecule has 4 rings (SSSR count). The third kappa shape index (κ3) is 6.25. The maximum absolute atomic E-state index is 12.3. The molecule has 0 heterocycles. The number of methoxy groups -OCH3 is 2. The van der Waals surface area contributed by atoms with E-state index in [0.717, 1.165) is 25.6 Å². The number of carbonyl (C=O) groups excluding carboxylic acids is 1. The van der Waals surface area contributed by atoms with Crippen LogP contribution in [0.4, 0.5) is 0 Å². The van der Waals surface area contributed by atoms with Gasteiger partial charge in [0.15, 0.2) is 11.5 Å². The molecule has 0 fully saturated rings. The number of ether oxygens (including phenoxy) is 3. The summed E-state index contributed by atoms with van der Waals surface area (Å²) in [6, 6.07) is 23.5. The molecule has 0 bridgehead atoms. The highest BCUT2D eigenvalue weighted by atomic mass is 79.9. The maximum Gasteiger partial charge on any atom is 0.244 e. The van der Waals surface area contributed by atoms with E-state index in [2.05, 4.69) is 66.7 Å². The second-order valence-electron chi connectivity index (χ2n) is 7.90. The van der Waals surface area contributed by atoms with Crippen LogP contribution in [-0.4, -0.2) is 26.3 Å². The summed E-state index contributed by atoms with van der Waals surface area (Å²) in [5, 5.41) is 6.43. The van der Waals surface area contributed by atoms with Gasteiger partial charge >= 0.3 is 0 Å². The van der Waals surface area contributed by atoms with Crippen molar-refractivity contribution in [2.24, 2.45) is 5.10 Å². The van der Waals surface area contributed by atoms with Gasteiger partial charge in [-0.2, -0.15) is 5.10 Å². The standard InChI is InChI=1S/C28H24Br2N2O4/c1-34-25-11-10-18(14-26(25)35-2)15-27(33)32-31-16-19-12-23(29)28(24(30)13-19)36-17-21-8-5-7-20-6-3-4-9-22(20)21/h3-14,16H,15,17H2,1-2H3,(H,32,33)/b31-16+. The van der Waals surface area contributed by atoms with Crippen molar-refractivity contribution in [3.63, 3.8) is 0 Å². The number of nitrogens with zero attached hydrogens (tertiary/aromatic N) is 1. The highest BCUT2D eigenvalue weighted by Gasteiger charge is 2.11. The molecule has 1 N–H and O–H groups in total. The van der Waals surface area contributed by atoms with E-state index in [0.29, 0.717) is 23.9 Å². The molecule has 1 amide bonds. The third-order valence-corrected chi connectivity index (χ3v) is 6.67. The largest absolute Gasteiger partial charge is 0.493 e. The molecule has 8 heteroatoms. The molecule has 0 aliphatic heterocycles. The smallest absolute Gasteiger partial charge is 0.244 e. The lowest BCUT2D eigenvalue weighted by atomic mass is 10.1. The average Bonchev–Trinajstić information content (AvgIpc) is 2.88. The number of hydrogen-bond acceptors (Lipinski definition) is 5. The Morgan fingerprint density at radius 1 is 0.917 bits per heavy atom. The van der Waals surface area contributed by atoms with E-state index in [4.69, 9.17) is 14.2 Å². The van der Waals surface area contributed by atoms with Crippen molar-refractivity contribution in [3.8, 4) is 17.2 Å². The number of amides is 1. The molecule has 0 atom stereocenters. The number of carbonyl (C=O) groups is 1. The van der Waals surface area contributed by atoms with Gasteiger partial charge in [0.25, 0.3) is 0 Å². The van der Waals surface area contributed by atoms with Crippen molar-refractivity contribution >= 4 is 54.8 Å². The fourth-order valence-corrected chi connectivity index (χ4v) is 5.21. The topological polar surface area (TPSA) is 69.2 Å². The van der Waals surface area contributed by atoms with Crippen LogP contribution in [0.2, 0.25) is 0 Å². The van der Waals surface area contributed by atoms with Gasteiger partial charge in [-0.15, -0.1) is 0 Å². The van der Waals surface area contributed by atoms with Crippen molar-refractivity contribution in [1.29, 1.82) is 0 Å².